The fourth-order valence-corrected chi connectivity index (χ4v) is 3.43. The highest BCUT2D eigenvalue weighted by molar-refractivity contribution is 9.11. The Balaban J connectivity index is 2.28. The molecule has 1 unspecified atom stereocenters. The fourth-order valence-electron chi connectivity index (χ4n) is 1.26. The van der Waals surface area contributed by atoms with Crippen LogP contribution in [0.15, 0.2) is 40.2 Å². The lowest BCUT2D eigenvalue weighted by Crippen LogP contribution is -1.89. The zero-order valence-corrected chi connectivity index (χ0v) is 11.6. The molecule has 0 nitrogen and oxygen atoms in total. The molecule has 15 heavy (non-hydrogen) atoms. The highest BCUT2D eigenvalue weighted by Crippen LogP contribution is 2.36. The van der Waals surface area contributed by atoms with Crippen molar-refractivity contribution in [3.63, 3.8) is 0 Å². The lowest BCUT2D eigenvalue weighted by molar-refractivity contribution is 0.627. The van der Waals surface area contributed by atoms with E-state index in [1.165, 1.54) is 17.0 Å². The molecule has 2 rings (SSSR count). The molecule has 4 heteroatoms. The maximum absolute atomic E-state index is 12.7. The maximum atomic E-state index is 12.7. The lowest BCUT2D eigenvalue weighted by atomic mass is 10.1. The van der Waals surface area contributed by atoms with Crippen molar-refractivity contribution in [1.29, 1.82) is 0 Å². The normalized spacial score (nSPS) is 12.7. The van der Waals surface area contributed by atoms with E-state index in [-0.39, 0.29) is 10.6 Å². The van der Waals surface area contributed by atoms with Crippen LogP contribution >= 0.6 is 43.2 Å². The molecular formula is C11H7Br2FS. The smallest absolute Gasteiger partial charge is 0.123 e. The molecule has 0 aliphatic carbocycles. The summed E-state index contributed by atoms with van der Waals surface area (Å²) in [6.07, 6.45) is 0. The van der Waals surface area contributed by atoms with Crippen molar-refractivity contribution in [3.8, 4) is 0 Å². The highest BCUT2D eigenvalue weighted by Gasteiger charge is 2.12. The van der Waals surface area contributed by atoms with Crippen LogP contribution in [-0.4, -0.2) is 0 Å². The van der Waals surface area contributed by atoms with Crippen molar-refractivity contribution in [2.45, 2.75) is 4.83 Å². The zero-order valence-electron chi connectivity index (χ0n) is 7.58. The summed E-state index contributed by atoms with van der Waals surface area (Å²) in [6, 6.07) is 10.6. The molecule has 0 saturated carbocycles. The topological polar surface area (TPSA) is 0 Å². The minimum absolute atomic E-state index is 0.134. The summed E-state index contributed by atoms with van der Waals surface area (Å²) >= 11 is 8.69. The molecule has 0 radical (unpaired) electrons. The van der Waals surface area contributed by atoms with Gasteiger partial charge in [-0.3, -0.25) is 0 Å². The number of alkyl halides is 1. The molecule has 0 spiro atoms. The third-order valence-corrected chi connectivity index (χ3v) is 5.02. The van der Waals surface area contributed by atoms with Gasteiger partial charge in [-0.2, -0.15) is 0 Å². The van der Waals surface area contributed by atoms with Gasteiger partial charge in [0.1, 0.15) is 5.82 Å². The van der Waals surface area contributed by atoms with Crippen LogP contribution in [0.25, 0.3) is 0 Å². The molecule has 78 valence electrons. The second-order valence-electron chi connectivity index (χ2n) is 3.06. The van der Waals surface area contributed by atoms with Gasteiger partial charge in [0.25, 0.3) is 0 Å². The number of hydrogen-bond acceptors (Lipinski definition) is 1. The van der Waals surface area contributed by atoms with E-state index in [0.717, 1.165) is 9.35 Å². The molecule has 0 bridgehead atoms. The van der Waals surface area contributed by atoms with Crippen molar-refractivity contribution in [2.24, 2.45) is 0 Å². The van der Waals surface area contributed by atoms with Gasteiger partial charge in [-0.25, -0.2) is 4.39 Å². The summed E-state index contributed by atoms with van der Waals surface area (Å²) in [5.74, 6) is -0.203. The minimum atomic E-state index is -0.203. The molecule has 1 aromatic heterocycles. The van der Waals surface area contributed by atoms with Crippen LogP contribution in [0, 0.1) is 5.82 Å². The molecule has 0 aliphatic rings. The van der Waals surface area contributed by atoms with Gasteiger partial charge in [0.05, 0.1) is 8.61 Å². The van der Waals surface area contributed by atoms with Gasteiger partial charge in [0.15, 0.2) is 0 Å². The van der Waals surface area contributed by atoms with Crippen molar-refractivity contribution >= 4 is 43.2 Å². The largest absolute Gasteiger partial charge is 0.207 e. The molecule has 1 atom stereocenters. The van der Waals surface area contributed by atoms with E-state index in [0.29, 0.717) is 0 Å². The lowest BCUT2D eigenvalue weighted by Gasteiger charge is -2.07. The van der Waals surface area contributed by atoms with Gasteiger partial charge in [0.2, 0.25) is 0 Å². The predicted molar refractivity (Wildman–Crippen MR) is 69.2 cm³/mol. The van der Waals surface area contributed by atoms with Crippen LogP contribution in [-0.2, 0) is 0 Å². The Kier molecular flexibility index (Phi) is 3.59. The SMILES string of the molecule is Fc1ccc(C(Br)c2ccc(Br)s2)cc1. The van der Waals surface area contributed by atoms with Crippen LogP contribution in [0.4, 0.5) is 4.39 Å². The van der Waals surface area contributed by atoms with E-state index in [1.54, 1.807) is 23.5 Å². The summed E-state index contributed by atoms with van der Waals surface area (Å²) in [5, 5.41) is 0. The Bertz CT molecular complexity index is 450. The molecule has 0 amide bonds. The minimum Gasteiger partial charge on any atom is -0.207 e. The number of rotatable bonds is 2. The molecule has 1 aromatic carbocycles. The van der Waals surface area contributed by atoms with Crippen LogP contribution in [0.5, 0.6) is 0 Å². The van der Waals surface area contributed by atoms with Gasteiger partial charge in [-0.15, -0.1) is 11.3 Å². The summed E-state index contributed by atoms with van der Waals surface area (Å²) in [4.78, 5) is 1.34. The van der Waals surface area contributed by atoms with Crippen LogP contribution in [0.1, 0.15) is 15.3 Å². The predicted octanol–water partition coefficient (Wildman–Crippen LogP) is 5.13. The van der Waals surface area contributed by atoms with Crippen molar-refractivity contribution in [1.82, 2.24) is 0 Å². The van der Waals surface area contributed by atoms with Crippen LogP contribution in [0.3, 0.4) is 0 Å². The average molecular weight is 350 g/mol. The van der Waals surface area contributed by atoms with Crippen molar-refractivity contribution < 1.29 is 4.39 Å². The first kappa shape index (κ1) is 11.3. The van der Waals surface area contributed by atoms with E-state index in [4.69, 9.17) is 0 Å². The summed E-state index contributed by atoms with van der Waals surface area (Å²) in [5.41, 5.74) is 1.06. The second-order valence-corrected chi connectivity index (χ2v) is 6.47. The fraction of sp³-hybridized carbons (Fsp3) is 0.0909. The third kappa shape index (κ3) is 2.68. The van der Waals surface area contributed by atoms with E-state index < -0.39 is 0 Å². The van der Waals surface area contributed by atoms with Crippen molar-refractivity contribution in [2.75, 3.05) is 0 Å². The molecule has 1 heterocycles. The Labute approximate surface area is 108 Å². The van der Waals surface area contributed by atoms with Gasteiger partial charge in [0, 0.05) is 4.88 Å². The quantitative estimate of drug-likeness (QED) is 0.659. The molecular weight excluding hydrogens is 343 g/mol. The van der Waals surface area contributed by atoms with Crippen LogP contribution < -0.4 is 0 Å². The maximum Gasteiger partial charge on any atom is 0.123 e. The molecule has 0 aliphatic heterocycles. The van der Waals surface area contributed by atoms with Crippen molar-refractivity contribution in [3.05, 3.63) is 56.4 Å². The van der Waals surface area contributed by atoms with E-state index in [1.807, 2.05) is 6.07 Å². The Hall–Kier alpha value is -0.190. The first-order valence-electron chi connectivity index (χ1n) is 4.31. The number of halogens is 3. The third-order valence-electron chi connectivity index (χ3n) is 2.01. The Morgan fingerprint density at radius 1 is 1.07 bits per heavy atom. The Morgan fingerprint density at radius 3 is 2.27 bits per heavy atom. The van der Waals surface area contributed by atoms with Gasteiger partial charge in [-0.1, -0.05) is 28.1 Å². The zero-order chi connectivity index (χ0) is 10.8. The van der Waals surface area contributed by atoms with Gasteiger partial charge in [-0.05, 0) is 45.8 Å². The molecule has 0 saturated heterocycles. The monoisotopic (exact) mass is 348 g/mol. The van der Waals surface area contributed by atoms with E-state index >= 15 is 0 Å². The van der Waals surface area contributed by atoms with Gasteiger partial charge < -0.3 is 0 Å². The van der Waals surface area contributed by atoms with E-state index in [2.05, 4.69) is 37.9 Å². The first-order valence-corrected chi connectivity index (χ1v) is 6.84. The van der Waals surface area contributed by atoms with E-state index in [9.17, 15) is 4.39 Å². The first-order chi connectivity index (χ1) is 7.16. The summed E-state index contributed by atoms with van der Waals surface area (Å²) in [6.45, 7) is 0. The van der Waals surface area contributed by atoms with Crippen LogP contribution in [0.2, 0.25) is 0 Å². The average Bonchev–Trinajstić information content (AvgIpc) is 2.65. The Morgan fingerprint density at radius 2 is 1.73 bits per heavy atom. The highest BCUT2D eigenvalue weighted by atomic mass is 79.9. The molecule has 0 N–H and O–H groups in total. The molecule has 2 aromatic rings. The summed E-state index contributed by atoms with van der Waals surface area (Å²) in [7, 11) is 0. The number of thiophene rings is 1. The second kappa shape index (κ2) is 4.76. The molecule has 0 fully saturated rings. The number of hydrogen-bond donors (Lipinski definition) is 0. The number of benzene rings is 1. The van der Waals surface area contributed by atoms with Gasteiger partial charge >= 0.3 is 0 Å². The standard InChI is InChI=1S/C11H7Br2FS/c12-10-6-5-9(15-10)11(13)7-1-3-8(14)4-2-7/h1-6,11H. The summed E-state index contributed by atoms with van der Waals surface area (Å²) < 4.78 is 13.8.